The lowest BCUT2D eigenvalue weighted by Crippen LogP contribution is -2.23. The number of nitrogens with zero attached hydrogens (tertiary/aromatic N) is 3. The summed E-state index contributed by atoms with van der Waals surface area (Å²) in [7, 11) is 0. The molecular formula is C13H11N3OS. The Morgan fingerprint density at radius 2 is 2.11 bits per heavy atom. The first-order valence-corrected chi connectivity index (χ1v) is 6.53. The lowest BCUT2D eigenvalue weighted by Gasteiger charge is -1.96. The average Bonchev–Trinajstić information content (AvgIpc) is 2.95. The van der Waals surface area contributed by atoms with Gasteiger partial charge >= 0.3 is 0 Å². The minimum absolute atomic E-state index is 0.105. The Morgan fingerprint density at radius 3 is 2.78 bits per heavy atom. The van der Waals surface area contributed by atoms with E-state index in [4.69, 9.17) is 0 Å². The highest BCUT2D eigenvalue weighted by atomic mass is 32.1. The largest absolute Gasteiger partial charge is 0.291 e. The Labute approximate surface area is 107 Å². The molecule has 0 radical (unpaired) electrons. The molecule has 90 valence electrons. The molecule has 0 amide bonds. The van der Waals surface area contributed by atoms with Gasteiger partial charge in [0.05, 0.1) is 4.53 Å². The van der Waals surface area contributed by atoms with E-state index in [0.717, 1.165) is 12.0 Å². The third-order valence-electron chi connectivity index (χ3n) is 2.81. The lowest BCUT2D eigenvalue weighted by molar-refractivity contribution is 0.932. The van der Waals surface area contributed by atoms with Gasteiger partial charge in [-0.1, -0.05) is 42.5 Å². The normalized spacial score (nSPS) is 12.4. The van der Waals surface area contributed by atoms with Crippen LogP contribution >= 0.6 is 11.3 Å². The van der Waals surface area contributed by atoms with E-state index in [1.54, 1.807) is 0 Å². The summed E-state index contributed by atoms with van der Waals surface area (Å²) in [6.07, 6.45) is 4.29. The maximum Gasteiger partial charge on any atom is 0.291 e. The molecule has 0 aliphatic rings. The molecular weight excluding hydrogens is 246 g/mol. The molecule has 0 aliphatic heterocycles. The van der Waals surface area contributed by atoms with Gasteiger partial charge in [-0.3, -0.25) is 4.79 Å². The minimum Gasteiger partial charge on any atom is -0.266 e. The predicted molar refractivity (Wildman–Crippen MR) is 71.7 cm³/mol. The second kappa shape index (κ2) is 4.34. The molecule has 0 spiro atoms. The van der Waals surface area contributed by atoms with Gasteiger partial charge in [0.25, 0.3) is 5.56 Å². The van der Waals surface area contributed by atoms with Crippen LogP contribution in [-0.2, 0) is 6.42 Å². The number of aromatic nitrogens is 3. The number of fused-ring (bicyclic) bond motifs is 1. The predicted octanol–water partition coefficient (Wildman–Crippen LogP) is 1.26. The van der Waals surface area contributed by atoms with Gasteiger partial charge in [0.2, 0.25) is 4.96 Å². The van der Waals surface area contributed by atoms with E-state index < -0.39 is 0 Å². The van der Waals surface area contributed by atoms with Crippen LogP contribution in [0.4, 0.5) is 0 Å². The number of hydrogen-bond acceptors (Lipinski definition) is 4. The molecule has 0 N–H and O–H groups in total. The smallest absolute Gasteiger partial charge is 0.266 e. The molecule has 2 aromatic heterocycles. The summed E-state index contributed by atoms with van der Waals surface area (Å²) in [6.45, 7) is 2.12. The molecule has 0 bridgehead atoms. The molecule has 3 rings (SSSR count). The molecule has 3 aromatic rings. The van der Waals surface area contributed by atoms with Crippen LogP contribution in [0.25, 0.3) is 11.0 Å². The monoisotopic (exact) mass is 257 g/mol. The summed E-state index contributed by atoms with van der Waals surface area (Å²) in [5.74, 6) is 0. The highest BCUT2D eigenvalue weighted by Gasteiger charge is 2.04. The molecule has 2 heterocycles. The number of hydrogen-bond donors (Lipinski definition) is 0. The lowest BCUT2D eigenvalue weighted by atomic mass is 10.1. The fourth-order valence-electron chi connectivity index (χ4n) is 1.78. The number of aryl methyl sites for hydroxylation is 1. The van der Waals surface area contributed by atoms with Gasteiger partial charge in [-0.15, -0.1) is 0 Å². The van der Waals surface area contributed by atoms with Crippen molar-refractivity contribution in [3.05, 3.63) is 56.6 Å². The SMILES string of the molecule is CCc1ccc(/C=c2\sc3ncnn3c2=O)cc1. The van der Waals surface area contributed by atoms with Crippen LogP contribution in [-0.4, -0.2) is 14.6 Å². The van der Waals surface area contributed by atoms with Crippen molar-refractivity contribution in [3.63, 3.8) is 0 Å². The van der Waals surface area contributed by atoms with Crippen molar-refractivity contribution in [1.29, 1.82) is 0 Å². The molecule has 0 aliphatic carbocycles. The molecule has 5 heteroatoms. The summed E-state index contributed by atoms with van der Waals surface area (Å²) in [5, 5.41) is 3.89. The zero-order valence-corrected chi connectivity index (χ0v) is 10.6. The summed E-state index contributed by atoms with van der Waals surface area (Å²) < 4.78 is 1.99. The third kappa shape index (κ3) is 1.82. The van der Waals surface area contributed by atoms with E-state index in [1.807, 2.05) is 18.2 Å². The summed E-state index contributed by atoms with van der Waals surface area (Å²) in [5.41, 5.74) is 2.21. The van der Waals surface area contributed by atoms with E-state index in [9.17, 15) is 4.79 Å². The van der Waals surface area contributed by atoms with Crippen LogP contribution in [0.2, 0.25) is 0 Å². The molecule has 0 saturated carbocycles. The zero-order chi connectivity index (χ0) is 12.5. The topological polar surface area (TPSA) is 47.3 Å². The quantitative estimate of drug-likeness (QED) is 0.694. The van der Waals surface area contributed by atoms with Gasteiger partial charge in [0, 0.05) is 0 Å². The van der Waals surface area contributed by atoms with Crippen LogP contribution in [0, 0.1) is 0 Å². The van der Waals surface area contributed by atoms with Crippen molar-refractivity contribution in [2.45, 2.75) is 13.3 Å². The first-order valence-electron chi connectivity index (χ1n) is 5.71. The first-order chi connectivity index (χ1) is 8.78. The maximum absolute atomic E-state index is 12.0. The summed E-state index contributed by atoms with van der Waals surface area (Å²) >= 11 is 1.36. The molecule has 0 saturated heterocycles. The van der Waals surface area contributed by atoms with E-state index in [1.165, 1.54) is 27.7 Å². The number of thiazole rings is 1. The van der Waals surface area contributed by atoms with Gasteiger partial charge < -0.3 is 0 Å². The molecule has 0 atom stereocenters. The second-order valence-electron chi connectivity index (χ2n) is 3.97. The fourth-order valence-corrected chi connectivity index (χ4v) is 2.66. The highest BCUT2D eigenvalue weighted by molar-refractivity contribution is 7.15. The van der Waals surface area contributed by atoms with Gasteiger partial charge in [0.1, 0.15) is 6.33 Å². The molecule has 1 aromatic carbocycles. The van der Waals surface area contributed by atoms with E-state index in [-0.39, 0.29) is 5.56 Å². The van der Waals surface area contributed by atoms with E-state index >= 15 is 0 Å². The van der Waals surface area contributed by atoms with Crippen molar-refractivity contribution < 1.29 is 0 Å². The molecule has 0 unspecified atom stereocenters. The molecule has 18 heavy (non-hydrogen) atoms. The van der Waals surface area contributed by atoms with E-state index in [2.05, 4.69) is 29.1 Å². The van der Waals surface area contributed by atoms with Crippen molar-refractivity contribution in [2.24, 2.45) is 0 Å². The van der Waals surface area contributed by atoms with Gasteiger partial charge in [-0.2, -0.15) is 9.61 Å². The van der Waals surface area contributed by atoms with Crippen molar-refractivity contribution >= 4 is 22.4 Å². The van der Waals surface area contributed by atoms with Gasteiger partial charge in [0.15, 0.2) is 0 Å². The van der Waals surface area contributed by atoms with Crippen LogP contribution in [0.5, 0.6) is 0 Å². The van der Waals surface area contributed by atoms with Crippen molar-refractivity contribution in [1.82, 2.24) is 14.6 Å². The standard InChI is InChI=1S/C13H11N3OS/c1-2-9-3-5-10(6-4-9)7-11-12(17)16-13(18-11)14-8-15-16/h3-8H,2H2,1H3/b11-7-. The Morgan fingerprint density at radius 1 is 1.33 bits per heavy atom. The number of rotatable bonds is 2. The summed E-state index contributed by atoms with van der Waals surface area (Å²) in [4.78, 5) is 16.6. The zero-order valence-electron chi connectivity index (χ0n) is 9.83. The van der Waals surface area contributed by atoms with Gasteiger partial charge in [-0.25, -0.2) is 4.98 Å². The van der Waals surface area contributed by atoms with Crippen LogP contribution in [0.15, 0.2) is 35.4 Å². The third-order valence-corrected chi connectivity index (χ3v) is 3.78. The molecule has 0 fully saturated rings. The maximum atomic E-state index is 12.0. The Kier molecular flexibility index (Phi) is 2.68. The minimum atomic E-state index is -0.105. The van der Waals surface area contributed by atoms with Crippen molar-refractivity contribution in [3.8, 4) is 0 Å². The highest BCUT2D eigenvalue weighted by Crippen LogP contribution is 2.06. The Balaban J connectivity index is 2.12. The van der Waals surface area contributed by atoms with Gasteiger partial charge in [-0.05, 0) is 23.6 Å². The number of benzene rings is 1. The first kappa shape index (κ1) is 11.1. The Hall–Kier alpha value is -2.01. The fraction of sp³-hybridized carbons (Fsp3) is 0.154. The van der Waals surface area contributed by atoms with E-state index in [0.29, 0.717) is 9.49 Å². The molecule has 4 nitrogen and oxygen atoms in total. The van der Waals surface area contributed by atoms with Crippen LogP contribution in [0.1, 0.15) is 18.1 Å². The Bertz CT molecular complexity index is 786. The average molecular weight is 257 g/mol. The van der Waals surface area contributed by atoms with Crippen molar-refractivity contribution in [2.75, 3.05) is 0 Å². The second-order valence-corrected chi connectivity index (χ2v) is 4.97. The summed E-state index contributed by atoms with van der Waals surface area (Å²) in [6, 6.07) is 8.20. The van der Waals surface area contributed by atoms with Crippen LogP contribution < -0.4 is 10.1 Å². The van der Waals surface area contributed by atoms with Crippen LogP contribution in [0.3, 0.4) is 0 Å².